The molecule has 0 aromatic carbocycles. The van der Waals surface area contributed by atoms with Gasteiger partial charge in [0.15, 0.2) is 11.5 Å². The highest BCUT2D eigenvalue weighted by Crippen LogP contribution is 2.37. The molecule has 0 bridgehead atoms. The SMILES string of the molecule is CC1CCC(Cn2c(N3CCC[C@H]3CF)nc3nc(-c4noc(=O)[nH]4)nc(N[C@H](C)C4CCC4)c32)CC1. The summed E-state index contributed by atoms with van der Waals surface area (Å²) in [7, 11) is 0. The van der Waals surface area contributed by atoms with Crippen molar-refractivity contribution in [2.24, 2.45) is 17.8 Å². The average Bonchev–Trinajstić information content (AvgIpc) is 3.57. The zero-order valence-corrected chi connectivity index (χ0v) is 21.7. The molecule has 1 saturated heterocycles. The van der Waals surface area contributed by atoms with E-state index in [0.717, 1.165) is 43.3 Å². The van der Waals surface area contributed by atoms with Crippen LogP contribution >= 0.6 is 0 Å². The van der Waals surface area contributed by atoms with E-state index in [1.54, 1.807) is 0 Å². The molecule has 0 amide bonds. The minimum absolute atomic E-state index is 0.173. The van der Waals surface area contributed by atoms with E-state index in [1.165, 1.54) is 44.9 Å². The lowest BCUT2D eigenvalue weighted by molar-refractivity contribution is 0.266. The van der Waals surface area contributed by atoms with Crippen LogP contribution in [0.5, 0.6) is 0 Å². The number of aromatic nitrogens is 6. The average molecular weight is 513 g/mol. The fourth-order valence-electron chi connectivity index (χ4n) is 6.25. The van der Waals surface area contributed by atoms with Gasteiger partial charge in [0, 0.05) is 19.1 Å². The number of nitrogens with zero attached hydrogens (tertiary/aromatic N) is 6. The third-order valence-electron chi connectivity index (χ3n) is 8.84. The molecule has 3 aromatic rings. The maximum absolute atomic E-state index is 14.0. The molecule has 3 aliphatic rings. The first-order valence-electron chi connectivity index (χ1n) is 13.9. The van der Waals surface area contributed by atoms with Crippen molar-refractivity contribution in [1.82, 2.24) is 29.7 Å². The summed E-state index contributed by atoms with van der Waals surface area (Å²) in [5.41, 5.74) is 1.37. The second kappa shape index (κ2) is 10.1. The van der Waals surface area contributed by atoms with Crippen molar-refractivity contribution < 1.29 is 8.91 Å². The van der Waals surface area contributed by atoms with E-state index >= 15 is 0 Å². The molecule has 2 atom stereocenters. The van der Waals surface area contributed by atoms with E-state index in [1.807, 2.05) is 0 Å². The largest absolute Gasteiger partial charge is 0.439 e. The van der Waals surface area contributed by atoms with Crippen LogP contribution in [-0.4, -0.2) is 55.0 Å². The molecule has 37 heavy (non-hydrogen) atoms. The molecule has 200 valence electrons. The number of nitrogens with one attached hydrogen (secondary N) is 2. The van der Waals surface area contributed by atoms with Gasteiger partial charge in [-0.3, -0.25) is 9.51 Å². The minimum atomic E-state index is -0.656. The zero-order chi connectivity index (χ0) is 25.5. The lowest BCUT2D eigenvalue weighted by Gasteiger charge is -2.32. The number of hydrogen-bond acceptors (Lipinski definition) is 8. The predicted molar refractivity (Wildman–Crippen MR) is 139 cm³/mol. The summed E-state index contributed by atoms with van der Waals surface area (Å²) < 4.78 is 21.0. The van der Waals surface area contributed by atoms with Crippen LogP contribution < -0.4 is 16.0 Å². The molecule has 4 heterocycles. The van der Waals surface area contributed by atoms with E-state index in [0.29, 0.717) is 23.3 Å². The fourth-order valence-corrected chi connectivity index (χ4v) is 6.25. The Kier molecular flexibility index (Phi) is 6.62. The van der Waals surface area contributed by atoms with Crippen molar-refractivity contribution in [3.63, 3.8) is 0 Å². The number of halogens is 1. The van der Waals surface area contributed by atoms with Crippen LogP contribution in [0.4, 0.5) is 16.2 Å². The molecule has 0 radical (unpaired) electrons. The van der Waals surface area contributed by atoms with Crippen LogP contribution in [0.15, 0.2) is 9.32 Å². The maximum atomic E-state index is 14.0. The van der Waals surface area contributed by atoms with Gasteiger partial charge in [0.2, 0.25) is 17.6 Å². The summed E-state index contributed by atoms with van der Waals surface area (Å²) in [5, 5.41) is 7.48. The molecule has 2 saturated carbocycles. The van der Waals surface area contributed by atoms with Gasteiger partial charge in [-0.1, -0.05) is 31.3 Å². The van der Waals surface area contributed by atoms with Crippen LogP contribution in [-0.2, 0) is 6.54 Å². The van der Waals surface area contributed by atoms with Gasteiger partial charge >= 0.3 is 5.76 Å². The van der Waals surface area contributed by atoms with Crippen LogP contribution in [0.2, 0.25) is 0 Å². The van der Waals surface area contributed by atoms with Gasteiger partial charge < -0.3 is 14.8 Å². The first-order valence-corrected chi connectivity index (χ1v) is 13.9. The quantitative estimate of drug-likeness (QED) is 0.452. The number of imidazole rings is 1. The first kappa shape index (κ1) is 24.4. The Morgan fingerprint density at radius 1 is 1.11 bits per heavy atom. The summed E-state index contributed by atoms with van der Waals surface area (Å²) in [4.78, 5) is 30.9. The molecular formula is C26H37FN8O2. The maximum Gasteiger partial charge on any atom is 0.439 e. The number of rotatable bonds is 8. The minimum Gasteiger partial charge on any atom is -0.365 e. The number of anilines is 2. The molecule has 3 aromatic heterocycles. The van der Waals surface area contributed by atoms with Crippen molar-refractivity contribution in [2.45, 2.75) is 90.3 Å². The molecule has 2 N–H and O–H groups in total. The summed E-state index contributed by atoms with van der Waals surface area (Å²) in [5.74, 6) is 3.11. The highest BCUT2D eigenvalue weighted by Gasteiger charge is 2.33. The van der Waals surface area contributed by atoms with Crippen LogP contribution in [0, 0.1) is 17.8 Å². The van der Waals surface area contributed by atoms with Gasteiger partial charge in [0.1, 0.15) is 12.2 Å². The standard InChI is InChI=1S/C26H37FN8O2/c1-15-8-10-17(11-9-15)14-35-20-21(28-16(2)18-5-3-6-18)29-23(24-32-26(36)37-33-24)30-22(20)31-25(35)34-12-4-7-19(34)13-27/h15-19H,3-14H2,1-2H3,(H,28,29,30)(H,32,33,36)/t15?,16-,17?,19+/m1/s1. The number of hydrogen-bond donors (Lipinski definition) is 2. The number of H-pyrrole nitrogens is 1. The highest BCUT2D eigenvalue weighted by atomic mass is 19.1. The Hall–Kier alpha value is -2.98. The van der Waals surface area contributed by atoms with E-state index in [2.05, 4.69) is 38.8 Å². The molecule has 2 aliphatic carbocycles. The lowest BCUT2D eigenvalue weighted by Crippen LogP contribution is -2.34. The summed E-state index contributed by atoms with van der Waals surface area (Å²) in [6.45, 7) is 5.71. The molecule has 0 unspecified atom stereocenters. The van der Waals surface area contributed by atoms with Crippen molar-refractivity contribution in [3.05, 3.63) is 10.6 Å². The van der Waals surface area contributed by atoms with E-state index in [9.17, 15) is 9.18 Å². The Morgan fingerprint density at radius 2 is 1.92 bits per heavy atom. The van der Waals surface area contributed by atoms with Crippen LogP contribution in [0.1, 0.15) is 71.6 Å². The molecule has 10 nitrogen and oxygen atoms in total. The molecule has 6 rings (SSSR count). The summed E-state index contributed by atoms with van der Waals surface area (Å²) in [6, 6.07) is 0.0512. The van der Waals surface area contributed by atoms with Crippen LogP contribution in [0.3, 0.4) is 0 Å². The van der Waals surface area contributed by atoms with E-state index < -0.39 is 12.4 Å². The Labute approximate surface area is 215 Å². The topological polar surface area (TPSA) is 118 Å². The van der Waals surface area contributed by atoms with Gasteiger partial charge in [0.25, 0.3) is 0 Å². The van der Waals surface area contributed by atoms with E-state index in [-0.39, 0.29) is 23.7 Å². The Balaban J connectivity index is 1.48. The predicted octanol–water partition coefficient (Wildman–Crippen LogP) is 4.53. The van der Waals surface area contributed by atoms with Crippen molar-refractivity contribution >= 4 is 22.9 Å². The van der Waals surface area contributed by atoms with E-state index in [4.69, 9.17) is 19.5 Å². The second-order valence-corrected chi connectivity index (χ2v) is 11.4. The second-order valence-electron chi connectivity index (χ2n) is 11.4. The van der Waals surface area contributed by atoms with Crippen molar-refractivity contribution in [2.75, 3.05) is 23.4 Å². The molecule has 0 spiro atoms. The summed E-state index contributed by atoms with van der Waals surface area (Å²) >= 11 is 0. The van der Waals surface area contributed by atoms with Crippen molar-refractivity contribution in [3.8, 4) is 11.6 Å². The highest BCUT2D eigenvalue weighted by molar-refractivity contribution is 5.87. The monoisotopic (exact) mass is 512 g/mol. The molecular weight excluding hydrogens is 475 g/mol. The van der Waals surface area contributed by atoms with Gasteiger partial charge in [-0.15, -0.1) is 0 Å². The van der Waals surface area contributed by atoms with Gasteiger partial charge in [-0.05, 0) is 63.2 Å². The fraction of sp³-hybridized carbons (Fsp3) is 0.731. The number of alkyl halides is 1. The lowest BCUT2D eigenvalue weighted by atomic mass is 9.80. The first-order chi connectivity index (χ1) is 18.0. The third kappa shape index (κ3) is 4.72. The molecule has 1 aliphatic heterocycles. The van der Waals surface area contributed by atoms with Crippen LogP contribution in [0.25, 0.3) is 22.8 Å². The van der Waals surface area contributed by atoms with Gasteiger partial charge in [-0.25, -0.2) is 19.2 Å². The number of fused-ring (bicyclic) bond motifs is 1. The molecule has 11 heteroatoms. The number of aromatic amines is 1. The third-order valence-corrected chi connectivity index (χ3v) is 8.84. The normalized spacial score (nSPS) is 25.5. The Bertz CT molecular complexity index is 1290. The van der Waals surface area contributed by atoms with Gasteiger partial charge in [0.05, 0.1) is 6.04 Å². The zero-order valence-electron chi connectivity index (χ0n) is 21.7. The Morgan fingerprint density at radius 3 is 2.59 bits per heavy atom. The smallest absolute Gasteiger partial charge is 0.365 e. The van der Waals surface area contributed by atoms with Gasteiger partial charge in [-0.2, -0.15) is 4.98 Å². The van der Waals surface area contributed by atoms with Crippen molar-refractivity contribution in [1.29, 1.82) is 0 Å². The molecule has 3 fully saturated rings. The summed E-state index contributed by atoms with van der Waals surface area (Å²) in [6.07, 6.45) is 10.2.